The summed E-state index contributed by atoms with van der Waals surface area (Å²) in [6.45, 7) is 7.58. The second-order valence-corrected chi connectivity index (χ2v) is 7.12. The average Bonchev–Trinajstić information content (AvgIpc) is 2.98. The molecule has 1 aliphatic rings. The van der Waals surface area contributed by atoms with Crippen molar-refractivity contribution < 1.29 is 14.4 Å². The van der Waals surface area contributed by atoms with Gasteiger partial charge in [0.25, 0.3) is 5.91 Å². The number of hydrogen-bond acceptors (Lipinski definition) is 4. The quantitative estimate of drug-likeness (QED) is 0.919. The SMILES string of the molecule is CC(C)(C)C(=O)ON1CCN(C(=O)c2cc3ccccc3[nH]2)CC1. The molecule has 0 radical (unpaired) electrons. The first-order valence-corrected chi connectivity index (χ1v) is 8.19. The minimum absolute atomic E-state index is 0.0204. The van der Waals surface area contributed by atoms with Gasteiger partial charge in [0.05, 0.1) is 18.5 Å². The highest BCUT2D eigenvalue weighted by atomic mass is 16.7. The summed E-state index contributed by atoms with van der Waals surface area (Å²) in [4.78, 5) is 34.9. The Labute approximate surface area is 141 Å². The standard InChI is InChI=1S/C18H23N3O3/c1-18(2,3)17(23)24-21-10-8-20(9-11-21)16(22)15-12-13-6-4-5-7-14(13)19-15/h4-7,12,19H,8-11H2,1-3H3. The number of amides is 1. The molecule has 24 heavy (non-hydrogen) atoms. The molecule has 0 unspecified atom stereocenters. The number of nitrogens with zero attached hydrogens (tertiary/aromatic N) is 2. The Kier molecular flexibility index (Phi) is 4.32. The highest BCUT2D eigenvalue weighted by Crippen LogP contribution is 2.19. The number of aromatic amines is 1. The fourth-order valence-electron chi connectivity index (χ4n) is 2.60. The van der Waals surface area contributed by atoms with Crippen molar-refractivity contribution in [1.82, 2.24) is 14.9 Å². The van der Waals surface area contributed by atoms with Gasteiger partial charge in [0.15, 0.2) is 0 Å². The first-order chi connectivity index (χ1) is 11.3. The van der Waals surface area contributed by atoms with Crippen LogP contribution in [0.5, 0.6) is 0 Å². The van der Waals surface area contributed by atoms with Crippen molar-refractivity contribution in [1.29, 1.82) is 0 Å². The number of hydrogen-bond donors (Lipinski definition) is 1. The largest absolute Gasteiger partial charge is 0.367 e. The zero-order valence-corrected chi connectivity index (χ0v) is 14.3. The number of aromatic nitrogens is 1. The second-order valence-electron chi connectivity index (χ2n) is 7.12. The third-order valence-corrected chi connectivity index (χ3v) is 4.11. The van der Waals surface area contributed by atoms with Gasteiger partial charge in [-0.25, -0.2) is 4.79 Å². The molecule has 2 heterocycles. The van der Waals surface area contributed by atoms with Crippen molar-refractivity contribution in [2.75, 3.05) is 26.2 Å². The maximum atomic E-state index is 12.6. The number of piperazine rings is 1. The van der Waals surface area contributed by atoms with Gasteiger partial charge in [0.1, 0.15) is 5.69 Å². The van der Waals surface area contributed by atoms with Crippen molar-refractivity contribution in [3.05, 3.63) is 36.0 Å². The van der Waals surface area contributed by atoms with Crippen molar-refractivity contribution in [2.24, 2.45) is 5.41 Å². The molecule has 128 valence electrons. The summed E-state index contributed by atoms with van der Waals surface area (Å²) in [5, 5.41) is 2.67. The Balaban J connectivity index is 1.60. The lowest BCUT2D eigenvalue weighted by atomic mass is 9.98. The van der Waals surface area contributed by atoms with Crippen molar-refractivity contribution >= 4 is 22.8 Å². The third kappa shape index (κ3) is 3.43. The first-order valence-electron chi connectivity index (χ1n) is 8.19. The molecular weight excluding hydrogens is 306 g/mol. The number of carbonyl (C=O) groups is 2. The van der Waals surface area contributed by atoms with Crippen LogP contribution in [0.4, 0.5) is 0 Å². The van der Waals surface area contributed by atoms with Crippen LogP contribution in [-0.4, -0.2) is 53.0 Å². The summed E-state index contributed by atoms with van der Waals surface area (Å²) in [7, 11) is 0. The van der Waals surface area contributed by atoms with E-state index in [9.17, 15) is 9.59 Å². The number of H-pyrrole nitrogens is 1. The Morgan fingerprint density at radius 3 is 2.38 bits per heavy atom. The van der Waals surface area contributed by atoms with Gasteiger partial charge in [-0.3, -0.25) is 4.79 Å². The molecule has 1 N–H and O–H groups in total. The first kappa shape index (κ1) is 16.5. The topological polar surface area (TPSA) is 65.6 Å². The number of fused-ring (bicyclic) bond motifs is 1. The molecule has 1 fully saturated rings. The minimum atomic E-state index is -0.530. The third-order valence-electron chi connectivity index (χ3n) is 4.11. The summed E-state index contributed by atoms with van der Waals surface area (Å²) >= 11 is 0. The van der Waals surface area contributed by atoms with Crippen LogP contribution in [0.3, 0.4) is 0 Å². The molecule has 2 aromatic rings. The zero-order chi connectivity index (χ0) is 17.3. The van der Waals surface area contributed by atoms with E-state index < -0.39 is 5.41 Å². The van der Waals surface area contributed by atoms with E-state index in [-0.39, 0.29) is 11.9 Å². The predicted octanol–water partition coefficient (Wildman–Crippen LogP) is 2.43. The van der Waals surface area contributed by atoms with Crippen LogP contribution in [0, 0.1) is 5.41 Å². The van der Waals surface area contributed by atoms with Crippen molar-refractivity contribution in [3.63, 3.8) is 0 Å². The Hall–Kier alpha value is -2.34. The lowest BCUT2D eigenvalue weighted by Crippen LogP contribution is -2.50. The highest BCUT2D eigenvalue weighted by Gasteiger charge is 2.29. The van der Waals surface area contributed by atoms with E-state index in [1.54, 1.807) is 9.96 Å². The Bertz CT molecular complexity index is 719. The summed E-state index contributed by atoms with van der Waals surface area (Å²) in [6, 6.07) is 9.70. The zero-order valence-electron chi connectivity index (χ0n) is 14.3. The van der Waals surface area contributed by atoms with Gasteiger partial charge >= 0.3 is 5.97 Å². The van der Waals surface area contributed by atoms with E-state index in [0.717, 1.165) is 10.9 Å². The van der Waals surface area contributed by atoms with Crippen LogP contribution >= 0.6 is 0 Å². The van der Waals surface area contributed by atoms with E-state index in [1.807, 2.05) is 51.1 Å². The summed E-state index contributed by atoms with van der Waals surface area (Å²) < 4.78 is 0. The summed E-state index contributed by atoms with van der Waals surface area (Å²) in [5.41, 5.74) is 1.02. The van der Waals surface area contributed by atoms with Crippen LogP contribution in [0.2, 0.25) is 0 Å². The molecule has 1 aliphatic heterocycles. The number of para-hydroxylation sites is 1. The molecule has 1 amide bonds. The van der Waals surface area contributed by atoms with Crippen molar-refractivity contribution in [2.45, 2.75) is 20.8 Å². The summed E-state index contributed by atoms with van der Waals surface area (Å²) in [6.07, 6.45) is 0. The van der Waals surface area contributed by atoms with Gasteiger partial charge in [-0.05, 0) is 32.9 Å². The maximum Gasteiger partial charge on any atom is 0.330 e. The van der Waals surface area contributed by atoms with Crippen LogP contribution in [-0.2, 0) is 9.63 Å². The van der Waals surface area contributed by atoms with E-state index in [0.29, 0.717) is 31.9 Å². The van der Waals surface area contributed by atoms with Crippen LogP contribution in [0.1, 0.15) is 31.3 Å². The number of carbonyl (C=O) groups excluding carboxylic acids is 2. The number of benzene rings is 1. The van der Waals surface area contributed by atoms with Crippen LogP contribution in [0.15, 0.2) is 30.3 Å². The van der Waals surface area contributed by atoms with Gasteiger partial charge in [-0.15, -0.1) is 5.06 Å². The average molecular weight is 329 g/mol. The second kappa shape index (κ2) is 6.28. The van der Waals surface area contributed by atoms with Gasteiger partial charge in [0, 0.05) is 24.0 Å². The number of nitrogens with one attached hydrogen (secondary N) is 1. The van der Waals surface area contributed by atoms with Crippen LogP contribution < -0.4 is 0 Å². The molecule has 6 heteroatoms. The maximum absolute atomic E-state index is 12.6. The van der Waals surface area contributed by atoms with E-state index in [2.05, 4.69) is 4.98 Å². The molecule has 0 spiro atoms. The fourth-order valence-corrected chi connectivity index (χ4v) is 2.60. The van der Waals surface area contributed by atoms with Gasteiger partial charge in [-0.1, -0.05) is 18.2 Å². The smallest absolute Gasteiger partial charge is 0.330 e. The Morgan fingerprint density at radius 2 is 1.75 bits per heavy atom. The van der Waals surface area contributed by atoms with Gasteiger partial charge < -0.3 is 14.7 Å². The summed E-state index contributed by atoms with van der Waals surface area (Å²) in [5.74, 6) is -0.272. The molecule has 1 aromatic heterocycles. The normalized spacial score (nSPS) is 16.4. The van der Waals surface area contributed by atoms with Crippen molar-refractivity contribution in [3.8, 4) is 0 Å². The predicted molar refractivity (Wildman–Crippen MR) is 91.3 cm³/mol. The monoisotopic (exact) mass is 329 g/mol. The number of rotatable bonds is 2. The van der Waals surface area contributed by atoms with E-state index >= 15 is 0 Å². The molecule has 0 aliphatic carbocycles. The molecule has 0 atom stereocenters. The molecule has 1 aromatic carbocycles. The molecule has 6 nitrogen and oxygen atoms in total. The highest BCUT2D eigenvalue weighted by molar-refractivity contribution is 5.98. The van der Waals surface area contributed by atoms with E-state index in [4.69, 9.17) is 4.84 Å². The fraction of sp³-hybridized carbons (Fsp3) is 0.444. The lowest BCUT2D eigenvalue weighted by Gasteiger charge is -2.34. The minimum Gasteiger partial charge on any atom is -0.367 e. The van der Waals surface area contributed by atoms with Gasteiger partial charge in [-0.2, -0.15) is 0 Å². The molecule has 1 saturated heterocycles. The molecule has 3 rings (SSSR count). The lowest BCUT2D eigenvalue weighted by molar-refractivity contribution is -0.205. The molecular formula is C18H23N3O3. The van der Waals surface area contributed by atoms with E-state index in [1.165, 1.54) is 0 Å². The molecule has 0 saturated carbocycles. The molecule has 0 bridgehead atoms. The van der Waals surface area contributed by atoms with Gasteiger partial charge in [0.2, 0.25) is 0 Å². The Morgan fingerprint density at radius 1 is 1.08 bits per heavy atom. The van der Waals surface area contributed by atoms with Crippen LogP contribution in [0.25, 0.3) is 10.9 Å². The number of hydroxylamine groups is 2.